The molecule has 0 saturated carbocycles. The van der Waals surface area contributed by atoms with Gasteiger partial charge >= 0.3 is 0 Å². The molecule has 0 spiro atoms. The predicted octanol–water partition coefficient (Wildman–Crippen LogP) is 8.46. The number of hydrogen-bond acceptors (Lipinski definition) is 2. The number of likely N-dealkylation sites (tertiary alicyclic amines) is 1. The zero-order valence-electron chi connectivity index (χ0n) is 24.0. The molecule has 35 heavy (non-hydrogen) atoms. The standard InChI is InChI=1S/C32H54N2O/c1-8-34-23-13-22-31(25-34)33-32(35)24-30(7)21-12-20-29(6)19-11-18-28(5)17-10-16-27(4)15-9-14-26(2)3/h14,16,18,20,24,31H,8-13,15,17,19,21-23,25H2,1-7H3,(H,33,35). The minimum atomic E-state index is 0.0738. The Kier molecular flexibility index (Phi) is 16.4. The molecule has 1 aliphatic rings. The number of piperidine rings is 1. The summed E-state index contributed by atoms with van der Waals surface area (Å²) in [4.78, 5) is 14.8. The van der Waals surface area contributed by atoms with Crippen molar-refractivity contribution in [1.29, 1.82) is 0 Å². The highest BCUT2D eigenvalue weighted by Gasteiger charge is 2.19. The second-order valence-electron chi connectivity index (χ2n) is 10.8. The lowest BCUT2D eigenvalue weighted by atomic mass is 10.0. The van der Waals surface area contributed by atoms with E-state index in [-0.39, 0.29) is 5.91 Å². The molecule has 1 amide bonds. The number of carbonyl (C=O) groups excluding carboxylic acids is 1. The van der Waals surface area contributed by atoms with Gasteiger partial charge in [-0.05, 0) is 119 Å². The lowest BCUT2D eigenvalue weighted by Gasteiger charge is -2.32. The van der Waals surface area contributed by atoms with Crippen LogP contribution in [-0.2, 0) is 4.79 Å². The molecule has 0 aromatic rings. The summed E-state index contributed by atoms with van der Waals surface area (Å²) in [5.74, 6) is 0.0738. The van der Waals surface area contributed by atoms with E-state index in [1.807, 2.05) is 0 Å². The summed E-state index contributed by atoms with van der Waals surface area (Å²) in [6, 6.07) is 0.298. The van der Waals surface area contributed by atoms with Crippen molar-refractivity contribution in [3.05, 3.63) is 58.2 Å². The Morgan fingerprint density at radius 1 is 0.771 bits per heavy atom. The van der Waals surface area contributed by atoms with Gasteiger partial charge in [0.2, 0.25) is 5.91 Å². The van der Waals surface area contributed by atoms with Crippen molar-refractivity contribution in [1.82, 2.24) is 10.2 Å². The van der Waals surface area contributed by atoms with Gasteiger partial charge in [-0.1, -0.05) is 59.1 Å². The van der Waals surface area contributed by atoms with E-state index in [0.29, 0.717) is 6.04 Å². The van der Waals surface area contributed by atoms with Crippen LogP contribution in [0.1, 0.15) is 113 Å². The number of rotatable bonds is 15. The Balaban J connectivity index is 2.26. The zero-order valence-corrected chi connectivity index (χ0v) is 24.0. The Bertz CT molecular complexity index is 777. The number of amides is 1. The topological polar surface area (TPSA) is 32.3 Å². The van der Waals surface area contributed by atoms with Gasteiger partial charge in [-0.2, -0.15) is 0 Å². The van der Waals surface area contributed by atoms with Gasteiger partial charge in [0, 0.05) is 18.7 Å². The van der Waals surface area contributed by atoms with Crippen LogP contribution in [0.3, 0.4) is 0 Å². The quantitative estimate of drug-likeness (QED) is 0.187. The van der Waals surface area contributed by atoms with Crippen LogP contribution >= 0.6 is 0 Å². The van der Waals surface area contributed by atoms with E-state index in [2.05, 4.69) is 83.0 Å². The highest BCUT2D eigenvalue weighted by atomic mass is 16.1. The summed E-state index contributed by atoms with van der Waals surface area (Å²) < 4.78 is 0. The molecule has 198 valence electrons. The van der Waals surface area contributed by atoms with Crippen molar-refractivity contribution in [3.8, 4) is 0 Å². The SMILES string of the molecule is CCN1CCCC(NC(=O)C=C(C)CCC=C(C)CCC=C(C)CCC=C(C)CCC=C(C)C)C1. The average molecular weight is 483 g/mol. The summed E-state index contributed by atoms with van der Waals surface area (Å²) in [5.41, 5.74) is 7.02. The van der Waals surface area contributed by atoms with Crippen molar-refractivity contribution in [2.45, 2.75) is 119 Å². The fourth-order valence-corrected chi connectivity index (χ4v) is 4.53. The molecule has 1 atom stereocenters. The molecule has 0 aromatic heterocycles. The Morgan fingerprint density at radius 3 is 1.74 bits per heavy atom. The molecule has 3 heteroatoms. The average Bonchev–Trinajstić information content (AvgIpc) is 2.78. The van der Waals surface area contributed by atoms with E-state index < -0.39 is 0 Å². The number of carbonyl (C=O) groups is 1. The maximum absolute atomic E-state index is 12.4. The van der Waals surface area contributed by atoms with E-state index in [0.717, 1.165) is 76.6 Å². The van der Waals surface area contributed by atoms with Crippen LogP contribution in [0.2, 0.25) is 0 Å². The molecule has 0 aromatic carbocycles. The van der Waals surface area contributed by atoms with Crippen molar-refractivity contribution < 1.29 is 4.79 Å². The molecule has 1 saturated heterocycles. The van der Waals surface area contributed by atoms with Gasteiger partial charge < -0.3 is 10.2 Å². The summed E-state index contributed by atoms with van der Waals surface area (Å²) in [5, 5.41) is 3.20. The van der Waals surface area contributed by atoms with E-state index >= 15 is 0 Å². The Labute approximate surface area is 217 Å². The van der Waals surface area contributed by atoms with Crippen LogP contribution in [0.5, 0.6) is 0 Å². The third-order valence-electron chi connectivity index (χ3n) is 6.86. The van der Waals surface area contributed by atoms with E-state index in [9.17, 15) is 4.79 Å². The van der Waals surface area contributed by atoms with Gasteiger partial charge in [0.15, 0.2) is 0 Å². The van der Waals surface area contributed by atoms with Crippen LogP contribution in [-0.4, -0.2) is 36.5 Å². The third-order valence-corrected chi connectivity index (χ3v) is 6.86. The molecule has 0 aliphatic carbocycles. The molecule has 1 heterocycles. The number of nitrogens with one attached hydrogen (secondary N) is 1. The van der Waals surface area contributed by atoms with Gasteiger partial charge in [0.05, 0.1) is 0 Å². The highest BCUT2D eigenvalue weighted by Crippen LogP contribution is 2.15. The molecular formula is C32H54N2O. The fraction of sp³-hybridized carbons (Fsp3) is 0.656. The maximum Gasteiger partial charge on any atom is 0.244 e. The third kappa shape index (κ3) is 16.4. The van der Waals surface area contributed by atoms with Gasteiger partial charge in [-0.3, -0.25) is 4.79 Å². The van der Waals surface area contributed by atoms with Crippen molar-refractivity contribution >= 4 is 5.91 Å². The first-order chi connectivity index (χ1) is 16.7. The van der Waals surface area contributed by atoms with Gasteiger partial charge in [0.25, 0.3) is 0 Å². The number of allylic oxidation sites excluding steroid dienone is 9. The minimum Gasteiger partial charge on any atom is -0.349 e. The van der Waals surface area contributed by atoms with Crippen LogP contribution in [0.25, 0.3) is 0 Å². The number of nitrogens with zero attached hydrogens (tertiary/aromatic N) is 1. The van der Waals surface area contributed by atoms with E-state index in [4.69, 9.17) is 0 Å². The molecule has 0 radical (unpaired) electrons. The normalized spacial score (nSPS) is 18.5. The fourth-order valence-electron chi connectivity index (χ4n) is 4.53. The summed E-state index contributed by atoms with van der Waals surface area (Å²) in [7, 11) is 0. The largest absolute Gasteiger partial charge is 0.349 e. The molecule has 0 bridgehead atoms. The maximum atomic E-state index is 12.4. The monoisotopic (exact) mass is 482 g/mol. The number of hydrogen-bond donors (Lipinski definition) is 1. The predicted molar refractivity (Wildman–Crippen MR) is 155 cm³/mol. The molecule has 1 N–H and O–H groups in total. The van der Waals surface area contributed by atoms with Crippen LogP contribution < -0.4 is 5.32 Å². The Hall–Kier alpha value is -1.87. The number of likely N-dealkylation sites (N-methyl/N-ethyl adjacent to an activating group) is 1. The molecule has 1 aliphatic heterocycles. The second kappa shape index (κ2) is 18.4. The van der Waals surface area contributed by atoms with Crippen molar-refractivity contribution in [2.24, 2.45) is 0 Å². The highest BCUT2D eigenvalue weighted by molar-refractivity contribution is 5.88. The van der Waals surface area contributed by atoms with Crippen molar-refractivity contribution in [3.63, 3.8) is 0 Å². The smallest absolute Gasteiger partial charge is 0.244 e. The van der Waals surface area contributed by atoms with Gasteiger partial charge in [-0.25, -0.2) is 0 Å². The van der Waals surface area contributed by atoms with E-state index in [1.54, 1.807) is 6.08 Å². The van der Waals surface area contributed by atoms with Crippen LogP contribution in [0.4, 0.5) is 0 Å². The van der Waals surface area contributed by atoms with Crippen LogP contribution in [0.15, 0.2) is 58.2 Å². The first-order valence-electron chi connectivity index (χ1n) is 14.0. The second-order valence-corrected chi connectivity index (χ2v) is 10.8. The molecule has 1 unspecified atom stereocenters. The molecule has 1 rings (SSSR count). The summed E-state index contributed by atoms with van der Waals surface area (Å²) >= 11 is 0. The van der Waals surface area contributed by atoms with E-state index in [1.165, 1.54) is 35.1 Å². The first-order valence-corrected chi connectivity index (χ1v) is 14.0. The molecule has 3 nitrogen and oxygen atoms in total. The summed E-state index contributed by atoms with van der Waals surface area (Å²) in [6.45, 7) is 18.6. The molecule has 1 fully saturated rings. The van der Waals surface area contributed by atoms with Crippen molar-refractivity contribution in [2.75, 3.05) is 19.6 Å². The van der Waals surface area contributed by atoms with Gasteiger partial charge in [0.1, 0.15) is 0 Å². The summed E-state index contributed by atoms with van der Waals surface area (Å²) in [6.07, 6.45) is 22.4. The van der Waals surface area contributed by atoms with Gasteiger partial charge in [-0.15, -0.1) is 0 Å². The van der Waals surface area contributed by atoms with Crippen LogP contribution in [0, 0.1) is 0 Å². The zero-order chi connectivity index (χ0) is 26.1. The Morgan fingerprint density at radius 2 is 1.26 bits per heavy atom. The lowest BCUT2D eigenvalue weighted by Crippen LogP contribution is -2.47. The minimum absolute atomic E-state index is 0.0738. The molecular weight excluding hydrogens is 428 g/mol. The first kappa shape index (κ1) is 31.2. The lowest BCUT2D eigenvalue weighted by molar-refractivity contribution is -0.117.